The molecular formula is C24H52N10O11P+3. The van der Waals surface area contributed by atoms with Crippen LogP contribution in [0.5, 0.6) is 0 Å². The first-order valence-corrected chi connectivity index (χ1v) is 16.2. The standard InChI is InChI=1S/C24H49N10O11P/c1-12(26)19(36)31-15(7-5-11-30-24(28)29)21(38)34-18(13(2)45-46(42,43)44)22(39)32-14(6-3-4-10-25)20(37)33-16(23(40)41)8-9-17(27)35/h12-16,18,24,30,42-44H,3-11,25-26,28-29H2,1-2H3,(H6-,27,31,32,33,34,35,36,37,38,39,40,41)/p+3/t12-,13+,14-,15-,16-,18-/m0/s1. The molecule has 21 N–H and O–H groups in total. The zero-order chi connectivity index (χ0) is 35.6. The summed E-state index contributed by atoms with van der Waals surface area (Å²) >= 11 is 0. The van der Waals surface area contributed by atoms with E-state index in [-0.39, 0.29) is 38.6 Å². The summed E-state index contributed by atoms with van der Waals surface area (Å²) in [6, 6.07) is -6.65. The number of aliphatic carboxylic acids is 1. The monoisotopic (exact) mass is 687 g/mol. The molecule has 0 spiro atoms. The normalized spacial score (nSPS) is 15.5. The van der Waals surface area contributed by atoms with Gasteiger partial charge in [-0.2, -0.15) is 14.7 Å². The minimum atomic E-state index is -4.95. The topological polar surface area (TPSA) is 386 Å². The van der Waals surface area contributed by atoms with E-state index in [4.69, 9.17) is 21.7 Å². The molecule has 0 aliphatic carbocycles. The van der Waals surface area contributed by atoms with E-state index in [1.54, 1.807) is 0 Å². The van der Waals surface area contributed by atoms with Gasteiger partial charge in [0, 0.05) is 6.42 Å². The fourth-order valence-electron chi connectivity index (χ4n) is 3.96. The third-order valence-corrected chi connectivity index (χ3v) is 7.02. The van der Waals surface area contributed by atoms with Crippen molar-refractivity contribution in [2.24, 2.45) is 17.2 Å². The number of hydrogen-bond donors (Lipinski definition) is 14. The van der Waals surface area contributed by atoms with E-state index < -0.39 is 86.3 Å². The smallest absolute Gasteiger partial charge is 0.480 e. The van der Waals surface area contributed by atoms with Crippen LogP contribution in [0.1, 0.15) is 58.8 Å². The highest BCUT2D eigenvalue weighted by molar-refractivity contribution is 7.53. The fraction of sp³-hybridized carbons (Fsp3) is 0.750. The molecule has 266 valence electrons. The summed E-state index contributed by atoms with van der Waals surface area (Å²) in [6.45, 7) is 3.36. The van der Waals surface area contributed by atoms with Crippen molar-refractivity contribution in [3.63, 3.8) is 0 Å². The predicted molar refractivity (Wildman–Crippen MR) is 161 cm³/mol. The number of hydrogen-bond acceptors (Lipinski definition) is 13. The Morgan fingerprint density at radius 1 is 0.783 bits per heavy atom. The number of carboxylic acid groups (broad SMARTS) is 1. The van der Waals surface area contributed by atoms with Gasteiger partial charge in [-0.05, 0) is 58.9 Å². The van der Waals surface area contributed by atoms with Crippen molar-refractivity contribution in [3.05, 3.63) is 0 Å². The number of carboxylic acids is 1. The second-order valence-corrected chi connectivity index (χ2v) is 11.9. The average molecular weight is 688 g/mol. The molecule has 0 aromatic rings. The van der Waals surface area contributed by atoms with Crippen molar-refractivity contribution in [1.29, 1.82) is 0 Å². The van der Waals surface area contributed by atoms with E-state index >= 15 is 0 Å². The lowest BCUT2D eigenvalue weighted by Crippen LogP contribution is -2.68. The molecule has 0 radical (unpaired) electrons. The van der Waals surface area contributed by atoms with Crippen LogP contribution in [0, 0.1) is 0 Å². The van der Waals surface area contributed by atoms with Gasteiger partial charge in [-0.15, -0.1) is 4.52 Å². The molecule has 0 aromatic carbocycles. The van der Waals surface area contributed by atoms with Crippen molar-refractivity contribution in [1.82, 2.24) is 26.6 Å². The molecule has 0 bridgehead atoms. The molecule has 46 heavy (non-hydrogen) atoms. The number of primary amides is 1. The summed E-state index contributed by atoms with van der Waals surface area (Å²) in [5.74, 6) is -5.75. The predicted octanol–water partition coefficient (Wildman–Crippen LogP) is -7.05. The highest BCUT2D eigenvalue weighted by Gasteiger charge is 2.43. The Hall–Kier alpha value is -3.11. The Morgan fingerprint density at radius 3 is 1.78 bits per heavy atom. The van der Waals surface area contributed by atoms with Gasteiger partial charge in [-0.1, -0.05) is 0 Å². The van der Waals surface area contributed by atoms with Crippen LogP contribution in [0.15, 0.2) is 0 Å². The minimum Gasteiger partial charge on any atom is -0.480 e. The summed E-state index contributed by atoms with van der Waals surface area (Å²) < 4.78 is 4.77. The van der Waals surface area contributed by atoms with Crippen LogP contribution in [-0.2, 0) is 33.3 Å². The molecule has 0 heterocycles. The summed E-state index contributed by atoms with van der Waals surface area (Å²) in [5, 5.41) is 21.7. The second kappa shape index (κ2) is 21.6. The van der Waals surface area contributed by atoms with E-state index in [9.17, 15) is 48.6 Å². The highest BCUT2D eigenvalue weighted by Crippen LogP contribution is 2.47. The maximum Gasteiger partial charge on any atom is 0.567 e. The first kappa shape index (κ1) is 42.9. The van der Waals surface area contributed by atoms with Gasteiger partial charge in [0.05, 0.1) is 6.54 Å². The molecular weight excluding hydrogens is 635 g/mol. The van der Waals surface area contributed by atoms with E-state index in [1.807, 2.05) is 0 Å². The van der Waals surface area contributed by atoms with E-state index in [0.717, 1.165) is 6.92 Å². The van der Waals surface area contributed by atoms with Crippen molar-refractivity contribution in [2.45, 2.75) is 101 Å². The molecule has 6 atom stereocenters. The molecule has 0 saturated carbocycles. The average Bonchev–Trinajstić information content (AvgIpc) is 2.92. The van der Waals surface area contributed by atoms with E-state index in [2.05, 4.69) is 38.1 Å². The van der Waals surface area contributed by atoms with Gasteiger partial charge in [0.2, 0.25) is 23.6 Å². The third-order valence-electron chi connectivity index (χ3n) is 6.41. The Bertz CT molecular complexity index is 1020. The van der Waals surface area contributed by atoms with Crippen molar-refractivity contribution in [3.8, 4) is 0 Å². The van der Waals surface area contributed by atoms with Gasteiger partial charge >= 0.3 is 14.1 Å². The van der Waals surface area contributed by atoms with Crippen LogP contribution in [-0.4, -0.2) is 111 Å². The van der Waals surface area contributed by atoms with Gasteiger partial charge < -0.3 is 55.0 Å². The molecule has 22 heteroatoms. The lowest BCUT2D eigenvalue weighted by atomic mass is 10.0. The van der Waals surface area contributed by atoms with Crippen LogP contribution in [0.2, 0.25) is 0 Å². The molecule has 0 saturated heterocycles. The molecule has 0 fully saturated rings. The molecule has 0 aliphatic rings. The number of amides is 5. The molecule has 0 unspecified atom stereocenters. The number of carbonyl (C=O) groups is 6. The van der Waals surface area contributed by atoms with Gasteiger partial charge in [0.1, 0.15) is 36.6 Å². The summed E-state index contributed by atoms with van der Waals surface area (Å²) in [4.78, 5) is 104. The van der Waals surface area contributed by atoms with Crippen LogP contribution in [0.4, 0.5) is 0 Å². The SMILES string of the molecule is C[C@H]([NH3+])C(=O)N[C@@H](CCCNC(N)N)C(=O)N[C@H](C(=O)N[C@@H](CCCC[NH3+])C(=O)N[C@@H](CCC(N)=O)C(=O)O)[C@@H](C)O[P+](O)(O)O. The number of quaternary nitrogens is 2. The zero-order valence-electron chi connectivity index (χ0n) is 26.1. The number of carbonyl (C=O) groups excluding carboxylic acids is 5. The summed E-state index contributed by atoms with van der Waals surface area (Å²) in [6.07, 6.45) is -1.89. The minimum absolute atomic E-state index is 0.00154. The Balaban J connectivity index is 6.21. The van der Waals surface area contributed by atoms with Gasteiger partial charge in [0.25, 0.3) is 5.91 Å². The second-order valence-electron chi connectivity index (χ2n) is 10.7. The first-order chi connectivity index (χ1) is 21.3. The van der Waals surface area contributed by atoms with Gasteiger partial charge in [-0.25, -0.2) is 4.79 Å². The Labute approximate surface area is 266 Å². The number of nitrogens with two attached hydrogens (primary N) is 3. The Morgan fingerprint density at radius 2 is 1.30 bits per heavy atom. The van der Waals surface area contributed by atoms with E-state index in [0.29, 0.717) is 19.4 Å². The Kier molecular flexibility index (Phi) is 20.2. The lowest BCUT2D eigenvalue weighted by Gasteiger charge is -2.28. The zero-order valence-corrected chi connectivity index (χ0v) is 27.0. The third kappa shape index (κ3) is 18.8. The van der Waals surface area contributed by atoms with Crippen LogP contribution >= 0.6 is 8.17 Å². The quantitative estimate of drug-likeness (QED) is 0.0255. The first-order valence-electron chi connectivity index (χ1n) is 14.6. The van der Waals surface area contributed by atoms with Crippen LogP contribution in [0.25, 0.3) is 0 Å². The van der Waals surface area contributed by atoms with Crippen molar-refractivity contribution >= 4 is 43.7 Å². The molecule has 5 amide bonds. The maximum atomic E-state index is 13.5. The number of rotatable bonds is 24. The largest absolute Gasteiger partial charge is 0.567 e. The van der Waals surface area contributed by atoms with Crippen molar-refractivity contribution < 1.29 is 64.5 Å². The summed E-state index contributed by atoms with van der Waals surface area (Å²) in [5.41, 5.74) is 23.3. The van der Waals surface area contributed by atoms with Crippen LogP contribution < -0.4 is 55.3 Å². The number of unbranched alkanes of at least 4 members (excludes halogenated alkanes) is 1. The molecule has 0 aromatic heterocycles. The van der Waals surface area contributed by atoms with Crippen LogP contribution in [0.3, 0.4) is 0 Å². The maximum absolute atomic E-state index is 13.5. The van der Waals surface area contributed by atoms with Crippen molar-refractivity contribution in [2.75, 3.05) is 13.1 Å². The lowest BCUT2D eigenvalue weighted by molar-refractivity contribution is -0.398. The highest BCUT2D eigenvalue weighted by atomic mass is 31.2. The van der Waals surface area contributed by atoms with E-state index in [1.165, 1.54) is 6.92 Å². The fourth-order valence-corrected chi connectivity index (χ4v) is 4.53. The molecule has 0 rings (SSSR count). The molecule has 0 aliphatic heterocycles. The molecule has 21 nitrogen and oxygen atoms in total. The van der Waals surface area contributed by atoms with Gasteiger partial charge in [-0.3, -0.25) is 29.3 Å². The number of nitrogens with one attached hydrogen (secondary N) is 5. The summed E-state index contributed by atoms with van der Waals surface area (Å²) in [7, 11) is -4.95. The van der Waals surface area contributed by atoms with Gasteiger partial charge in [0.15, 0.2) is 6.04 Å².